The topological polar surface area (TPSA) is 59.0 Å². The van der Waals surface area contributed by atoms with Crippen molar-refractivity contribution in [3.8, 4) is 11.5 Å². The first kappa shape index (κ1) is 12.7. The maximum atomic E-state index is 10.8. The molecular formula is C13H14BrNO4. The molecule has 0 spiro atoms. The van der Waals surface area contributed by atoms with Gasteiger partial charge in [0.2, 0.25) is 0 Å². The second kappa shape index (κ2) is 5.02. The number of carboxylic acid groups (broad SMARTS) is 1. The minimum absolute atomic E-state index is 0.222. The van der Waals surface area contributed by atoms with Crippen molar-refractivity contribution in [1.82, 2.24) is 4.90 Å². The summed E-state index contributed by atoms with van der Waals surface area (Å²) in [4.78, 5) is 12.9. The summed E-state index contributed by atoms with van der Waals surface area (Å²) in [6.45, 7) is 3.09. The molecule has 0 saturated carbocycles. The van der Waals surface area contributed by atoms with Gasteiger partial charge in [-0.05, 0) is 33.6 Å². The Hall–Kier alpha value is -1.27. The Labute approximate surface area is 119 Å². The first-order chi connectivity index (χ1) is 9.13. The molecule has 102 valence electrons. The normalized spacial score (nSPS) is 19.0. The Bertz CT molecular complexity index is 514. The Balaban J connectivity index is 1.69. The highest BCUT2D eigenvalue weighted by atomic mass is 79.9. The van der Waals surface area contributed by atoms with E-state index in [1.807, 2.05) is 12.1 Å². The molecule has 19 heavy (non-hydrogen) atoms. The van der Waals surface area contributed by atoms with Crippen LogP contribution in [-0.2, 0) is 11.3 Å². The van der Waals surface area contributed by atoms with E-state index in [4.69, 9.17) is 14.6 Å². The molecule has 0 amide bonds. The van der Waals surface area contributed by atoms with Crippen molar-refractivity contribution in [2.45, 2.75) is 6.54 Å². The van der Waals surface area contributed by atoms with Gasteiger partial charge in [-0.15, -0.1) is 0 Å². The minimum atomic E-state index is -0.709. The molecule has 5 nitrogen and oxygen atoms in total. The van der Waals surface area contributed by atoms with Gasteiger partial charge in [-0.3, -0.25) is 9.69 Å². The number of carboxylic acids is 1. The van der Waals surface area contributed by atoms with Gasteiger partial charge in [0.1, 0.15) is 13.2 Å². The number of carbonyl (C=O) groups is 1. The number of aliphatic carboxylic acids is 1. The molecule has 2 aliphatic rings. The summed E-state index contributed by atoms with van der Waals surface area (Å²) in [6.07, 6.45) is 0. The van der Waals surface area contributed by atoms with Crippen molar-refractivity contribution in [3.05, 3.63) is 22.2 Å². The van der Waals surface area contributed by atoms with Crippen LogP contribution in [0.15, 0.2) is 16.6 Å². The molecule has 1 N–H and O–H groups in total. The largest absolute Gasteiger partial charge is 0.486 e. The molecule has 0 aliphatic carbocycles. The third-order valence-electron chi connectivity index (χ3n) is 3.37. The molecule has 0 unspecified atom stereocenters. The smallest absolute Gasteiger partial charge is 0.309 e. The molecule has 0 atom stereocenters. The summed E-state index contributed by atoms with van der Waals surface area (Å²) in [5, 5.41) is 8.85. The van der Waals surface area contributed by atoms with Crippen molar-refractivity contribution < 1.29 is 19.4 Å². The van der Waals surface area contributed by atoms with Gasteiger partial charge in [-0.2, -0.15) is 0 Å². The van der Waals surface area contributed by atoms with Crippen molar-refractivity contribution >= 4 is 21.9 Å². The van der Waals surface area contributed by atoms with Crippen molar-refractivity contribution in [2.24, 2.45) is 5.92 Å². The van der Waals surface area contributed by atoms with Crippen LogP contribution in [0.1, 0.15) is 5.56 Å². The zero-order valence-electron chi connectivity index (χ0n) is 10.3. The van der Waals surface area contributed by atoms with Gasteiger partial charge in [0.15, 0.2) is 11.5 Å². The Kier molecular flexibility index (Phi) is 3.36. The van der Waals surface area contributed by atoms with Gasteiger partial charge in [0.25, 0.3) is 0 Å². The molecule has 0 bridgehead atoms. The van der Waals surface area contributed by atoms with Gasteiger partial charge in [0, 0.05) is 19.6 Å². The molecular weight excluding hydrogens is 314 g/mol. The third-order valence-corrected chi connectivity index (χ3v) is 3.96. The van der Waals surface area contributed by atoms with Gasteiger partial charge < -0.3 is 14.6 Å². The number of halogens is 1. The van der Waals surface area contributed by atoms with Crippen LogP contribution in [0.25, 0.3) is 0 Å². The number of fused-ring (bicyclic) bond motifs is 1. The Morgan fingerprint density at radius 1 is 1.37 bits per heavy atom. The fraction of sp³-hybridized carbons (Fsp3) is 0.462. The van der Waals surface area contributed by atoms with Crippen LogP contribution in [-0.4, -0.2) is 42.3 Å². The highest BCUT2D eigenvalue weighted by Crippen LogP contribution is 2.39. The van der Waals surface area contributed by atoms with E-state index < -0.39 is 5.97 Å². The highest BCUT2D eigenvalue weighted by molar-refractivity contribution is 9.10. The van der Waals surface area contributed by atoms with E-state index >= 15 is 0 Å². The number of hydrogen-bond acceptors (Lipinski definition) is 4. The standard InChI is InChI=1S/C13H14BrNO4/c14-10-3-8(4-11-12(10)19-2-1-18-11)5-15-6-9(7-15)13(16)17/h3-4,9H,1-2,5-7H2,(H,16,17). The monoisotopic (exact) mass is 327 g/mol. The summed E-state index contributed by atoms with van der Waals surface area (Å²) in [5.74, 6) is 0.577. The number of benzene rings is 1. The molecule has 2 heterocycles. The lowest BCUT2D eigenvalue weighted by molar-refractivity contribution is -0.147. The molecule has 1 fully saturated rings. The second-order valence-electron chi connectivity index (χ2n) is 4.83. The van der Waals surface area contributed by atoms with Crippen LogP contribution >= 0.6 is 15.9 Å². The maximum Gasteiger partial charge on any atom is 0.309 e. The van der Waals surface area contributed by atoms with Crippen LogP contribution in [0.4, 0.5) is 0 Å². The van der Waals surface area contributed by atoms with E-state index in [2.05, 4.69) is 20.8 Å². The fourth-order valence-electron chi connectivity index (χ4n) is 2.37. The average Bonchev–Trinajstić information content (AvgIpc) is 2.33. The van der Waals surface area contributed by atoms with Gasteiger partial charge >= 0.3 is 5.97 Å². The minimum Gasteiger partial charge on any atom is -0.486 e. The Morgan fingerprint density at radius 2 is 2.11 bits per heavy atom. The average molecular weight is 328 g/mol. The number of nitrogens with zero attached hydrogens (tertiary/aromatic N) is 1. The molecule has 6 heteroatoms. The number of likely N-dealkylation sites (tertiary alicyclic amines) is 1. The lowest BCUT2D eigenvalue weighted by atomic mass is 9.99. The second-order valence-corrected chi connectivity index (χ2v) is 5.69. The summed E-state index contributed by atoms with van der Waals surface area (Å²) in [7, 11) is 0. The first-order valence-corrected chi connectivity index (χ1v) is 6.96. The number of ether oxygens (including phenoxy) is 2. The van der Waals surface area contributed by atoms with Crippen LogP contribution in [0, 0.1) is 5.92 Å². The van der Waals surface area contributed by atoms with Crippen LogP contribution in [0.3, 0.4) is 0 Å². The maximum absolute atomic E-state index is 10.8. The van der Waals surface area contributed by atoms with E-state index in [9.17, 15) is 4.79 Å². The summed E-state index contributed by atoms with van der Waals surface area (Å²) in [5.41, 5.74) is 1.10. The van der Waals surface area contributed by atoms with Gasteiger partial charge in [-0.25, -0.2) is 0 Å². The highest BCUT2D eigenvalue weighted by Gasteiger charge is 2.32. The summed E-state index contributed by atoms with van der Waals surface area (Å²) in [6, 6.07) is 3.97. The van der Waals surface area contributed by atoms with Gasteiger partial charge in [0.05, 0.1) is 10.4 Å². The molecule has 1 aromatic rings. The first-order valence-electron chi connectivity index (χ1n) is 6.16. The van der Waals surface area contributed by atoms with Crippen molar-refractivity contribution in [1.29, 1.82) is 0 Å². The zero-order chi connectivity index (χ0) is 13.4. The Morgan fingerprint density at radius 3 is 2.84 bits per heavy atom. The summed E-state index contributed by atoms with van der Waals surface area (Å²) >= 11 is 3.48. The van der Waals surface area contributed by atoms with Crippen LogP contribution < -0.4 is 9.47 Å². The summed E-state index contributed by atoms with van der Waals surface area (Å²) < 4.78 is 12.0. The van der Waals surface area contributed by atoms with E-state index in [1.54, 1.807) is 0 Å². The lowest BCUT2D eigenvalue weighted by Crippen LogP contribution is -2.49. The molecule has 1 saturated heterocycles. The molecule has 1 aromatic carbocycles. The van der Waals surface area contributed by atoms with Crippen LogP contribution in [0.5, 0.6) is 11.5 Å². The predicted octanol–water partition coefficient (Wildman–Crippen LogP) is 1.74. The zero-order valence-corrected chi connectivity index (χ0v) is 11.9. The number of hydrogen-bond donors (Lipinski definition) is 1. The molecule has 0 aromatic heterocycles. The van der Waals surface area contributed by atoms with E-state index in [0.717, 1.165) is 28.1 Å². The molecule has 0 radical (unpaired) electrons. The van der Waals surface area contributed by atoms with Crippen molar-refractivity contribution in [3.63, 3.8) is 0 Å². The van der Waals surface area contributed by atoms with Gasteiger partial charge in [-0.1, -0.05) is 0 Å². The molecule has 3 rings (SSSR count). The number of rotatable bonds is 3. The van der Waals surface area contributed by atoms with E-state index in [1.165, 1.54) is 0 Å². The van der Waals surface area contributed by atoms with Crippen molar-refractivity contribution in [2.75, 3.05) is 26.3 Å². The SMILES string of the molecule is O=C(O)C1CN(Cc2cc(Br)c3c(c2)OCCO3)C1. The quantitative estimate of drug-likeness (QED) is 0.916. The van der Waals surface area contributed by atoms with E-state index in [0.29, 0.717) is 26.3 Å². The lowest BCUT2D eigenvalue weighted by Gasteiger charge is -2.36. The predicted molar refractivity (Wildman–Crippen MR) is 71.5 cm³/mol. The van der Waals surface area contributed by atoms with Crippen LogP contribution in [0.2, 0.25) is 0 Å². The molecule has 2 aliphatic heterocycles. The fourth-order valence-corrected chi connectivity index (χ4v) is 2.97. The van der Waals surface area contributed by atoms with E-state index in [-0.39, 0.29) is 5.92 Å². The third kappa shape index (κ3) is 2.55.